The highest BCUT2D eigenvalue weighted by Crippen LogP contribution is 2.10. The summed E-state index contributed by atoms with van der Waals surface area (Å²) in [4.78, 5) is 36.4. The van der Waals surface area contributed by atoms with Crippen LogP contribution in [-0.4, -0.2) is 42.3 Å². The van der Waals surface area contributed by atoms with Crippen LogP contribution in [0.25, 0.3) is 0 Å². The van der Waals surface area contributed by atoms with E-state index in [0.29, 0.717) is 18.5 Å². The van der Waals surface area contributed by atoms with Crippen LogP contribution < -0.4 is 10.6 Å². The van der Waals surface area contributed by atoms with Gasteiger partial charge in [0.25, 0.3) is 0 Å². The molecule has 0 aliphatic carbocycles. The van der Waals surface area contributed by atoms with Crippen LogP contribution in [0, 0.1) is 6.92 Å². The standard InChI is InChI=1S/C15H19N3O3/c1-10-3-5-11(6-4-10)16-14(20)9-18(2)15(21)12-7-8-13(19)17-12/h3-6,12H,7-9H2,1-2H3,(H,16,20)(H,17,19)/t12-/m0/s1. The van der Waals surface area contributed by atoms with Crippen LogP contribution in [0.5, 0.6) is 0 Å². The van der Waals surface area contributed by atoms with E-state index in [-0.39, 0.29) is 24.3 Å². The highest BCUT2D eigenvalue weighted by molar-refractivity contribution is 5.96. The average Bonchev–Trinajstić information content (AvgIpc) is 2.87. The second-order valence-electron chi connectivity index (χ2n) is 5.27. The number of carbonyl (C=O) groups is 3. The number of nitrogens with one attached hydrogen (secondary N) is 2. The van der Waals surface area contributed by atoms with Crippen LogP contribution in [0.15, 0.2) is 24.3 Å². The third-order valence-electron chi connectivity index (χ3n) is 3.39. The van der Waals surface area contributed by atoms with Gasteiger partial charge < -0.3 is 15.5 Å². The van der Waals surface area contributed by atoms with Crippen LogP contribution in [0.2, 0.25) is 0 Å². The maximum absolute atomic E-state index is 12.1. The molecular formula is C15H19N3O3. The molecule has 0 spiro atoms. The number of hydrogen-bond donors (Lipinski definition) is 2. The van der Waals surface area contributed by atoms with Crippen molar-refractivity contribution in [1.82, 2.24) is 10.2 Å². The summed E-state index contributed by atoms with van der Waals surface area (Å²) in [6, 6.07) is 6.92. The fraction of sp³-hybridized carbons (Fsp3) is 0.400. The number of benzene rings is 1. The Labute approximate surface area is 123 Å². The summed E-state index contributed by atoms with van der Waals surface area (Å²) in [5, 5.41) is 5.34. The van der Waals surface area contributed by atoms with Gasteiger partial charge >= 0.3 is 0 Å². The molecule has 0 radical (unpaired) electrons. The minimum absolute atomic E-state index is 0.0426. The number of nitrogens with zero attached hydrogens (tertiary/aromatic N) is 1. The van der Waals surface area contributed by atoms with E-state index in [1.165, 1.54) is 4.90 Å². The second kappa shape index (κ2) is 6.39. The predicted octanol–water partition coefficient (Wildman–Crippen LogP) is 0.671. The number of hydrogen-bond acceptors (Lipinski definition) is 3. The molecule has 1 saturated heterocycles. The van der Waals surface area contributed by atoms with Gasteiger partial charge in [0.2, 0.25) is 17.7 Å². The third kappa shape index (κ3) is 4.05. The van der Waals surface area contributed by atoms with Gasteiger partial charge in [-0.2, -0.15) is 0 Å². The Kier molecular flexibility index (Phi) is 4.57. The number of anilines is 1. The molecule has 0 bridgehead atoms. The molecule has 1 heterocycles. The molecule has 1 atom stereocenters. The average molecular weight is 289 g/mol. The molecule has 0 aromatic heterocycles. The maximum atomic E-state index is 12.1. The van der Waals surface area contributed by atoms with E-state index in [2.05, 4.69) is 10.6 Å². The van der Waals surface area contributed by atoms with E-state index < -0.39 is 6.04 Å². The lowest BCUT2D eigenvalue weighted by molar-refractivity contribution is -0.135. The first-order valence-electron chi connectivity index (χ1n) is 6.86. The second-order valence-corrected chi connectivity index (χ2v) is 5.27. The first kappa shape index (κ1) is 15.0. The van der Waals surface area contributed by atoms with Gasteiger partial charge in [-0.1, -0.05) is 17.7 Å². The minimum Gasteiger partial charge on any atom is -0.344 e. The van der Waals surface area contributed by atoms with Crippen LogP contribution >= 0.6 is 0 Å². The number of rotatable bonds is 4. The molecule has 1 aromatic rings. The predicted molar refractivity (Wildman–Crippen MR) is 78.6 cm³/mol. The monoisotopic (exact) mass is 289 g/mol. The number of carbonyl (C=O) groups excluding carboxylic acids is 3. The van der Waals surface area contributed by atoms with E-state index in [4.69, 9.17) is 0 Å². The van der Waals surface area contributed by atoms with Gasteiger partial charge in [0, 0.05) is 19.2 Å². The van der Waals surface area contributed by atoms with Crippen LogP contribution in [0.4, 0.5) is 5.69 Å². The largest absolute Gasteiger partial charge is 0.344 e. The summed E-state index contributed by atoms with van der Waals surface area (Å²) >= 11 is 0. The Morgan fingerprint density at radius 2 is 2.00 bits per heavy atom. The molecule has 1 fully saturated rings. The lowest BCUT2D eigenvalue weighted by atomic mass is 10.2. The molecule has 2 rings (SSSR count). The quantitative estimate of drug-likeness (QED) is 0.855. The summed E-state index contributed by atoms with van der Waals surface area (Å²) in [6.07, 6.45) is 0.849. The van der Waals surface area contributed by atoms with Gasteiger partial charge in [0.15, 0.2) is 0 Å². The topological polar surface area (TPSA) is 78.5 Å². The summed E-state index contributed by atoms with van der Waals surface area (Å²) in [5.41, 5.74) is 1.80. The zero-order chi connectivity index (χ0) is 15.4. The zero-order valence-corrected chi connectivity index (χ0v) is 12.2. The van der Waals surface area contributed by atoms with Crippen molar-refractivity contribution in [1.29, 1.82) is 0 Å². The van der Waals surface area contributed by atoms with E-state index in [0.717, 1.165) is 5.56 Å². The van der Waals surface area contributed by atoms with Crippen molar-refractivity contribution in [2.45, 2.75) is 25.8 Å². The molecule has 112 valence electrons. The number of likely N-dealkylation sites (N-methyl/N-ethyl adjacent to an activating group) is 1. The van der Waals surface area contributed by atoms with Crippen molar-refractivity contribution >= 4 is 23.4 Å². The summed E-state index contributed by atoms with van der Waals surface area (Å²) < 4.78 is 0. The molecule has 6 nitrogen and oxygen atoms in total. The van der Waals surface area contributed by atoms with Crippen molar-refractivity contribution in [3.8, 4) is 0 Å². The fourth-order valence-electron chi connectivity index (χ4n) is 2.20. The Morgan fingerprint density at radius 3 is 2.57 bits per heavy atom. The lowest BCUT2D eigenvalue weighted by Gasteiger charge is -2.20. The molecule has 2 N–H and O–H groups in total. The molecule has 0 unspecified atom stereocenters. The van der Waals surface area contributed by atoms with Gasteiger partial charge in [0.1, 0.15) is 6.04 Å². The van der Waals surface area contributed by atoms with Crippen molar-refractivity contribution in [3.05, 3.63) is 29.8 Å². The van der Waals surface area contributed by atoms with Crippen LogP contribution in [0.3, 0.4) is 0 Å². The highest BCUT2D eigenvalue weighted by Gasteiger charge is 2.29. The smallest absolute Gasteiger partial charge is 0.245 e. The fourth-order valence-corrected chi connectivity index (χ4v) is 2.20. The zero-order valence-electron chi connectivity index (χ0n) is 12.2. The summed E-state index contributed by atoms with van der Waals surface area (Å²) in [7, 11) is 1.56. The minimum atomic E-state index is -0.505. The first-order chi connectivity index (χ1) is 9.95. The molecule has 0 saturated carbocycles. The molecule has 3 amide bonds. The Hall–Kier alpha value is -2.37. The lowest BCUT2D eigenvalue weighted by Crippen LogP contribution is -2.45. The first-order valence-corrected chi connectivity index (χ1v) is 6.86. The van der Waals surface area contributed by atoms with Crippen molar-refractivity contribution < 1.29 is 14.4 Å². The van der Waals surface area contributed by atoms with Gasteiger partial charge in [-0.05, 0) is 25.5 Å². The van der Waals surface area contributed by atoms with Crippen LogP contribution in [0.1, 0.15) is 18.4 Å². The SMILES string of the molecule is Cc1ccc(NC(=O)CN(C)C(=O)[C@@H]2CCC(=O)N2)cc1. The third-order valence-corrected chi connectivity index (χ3v) is 3.39. The Morgan fingerprint density at radius 1 is 1.33 bits per heavy atom. The Bertz CT molecular complexity index is 554. The summed E-state index contributed by atoms with van der Waals surface area (Å²) in [6.45, 7) is 1.92. The maximum Gasteiger partial charge on any atom is 0.245 e. The van der Waals surface area contributed by atoms with Gasteiger partial charge in [0.05, 0.1) is 6.54 Å². The molecule has 21 heavy (non-hydrogen) atoms. The van der Waals surface area contributed by atoms with Crippen molar-refractivity contribution in [3.63, 3.8) is 0 Å². The van der Waals surface area contributed by atoms with Crippen molar-refractivity contribution in [2.75, 3.05) is 18.9 Å². The van der Waals surface area contributed by atoms with E-state index in [9.17, 15) is 14.4 Å². The Balaban J connectivity index is 1.85. The van der Waals surface area contributed by atoms with Gasteiger partial charge in [-0.25, -0.2) is 0 Å². The van der Waals surface area contributed by atoms with Gasteiger partial charge in [-0.3, -0.25) is 14.4 Å². The number of amides is 3. The normalized spacial score (nSPS) is 17.2. The molecule has 1 aliphatic rings. The van der Waals surface area contributed by atoms with Crippen molar-refractivity contribution in [2.24, 2.45) is 0 Å². The molecule has 1 aliphatic heterocycles. The molecular weight excluding hydrogens is 270 g/mol. The molecule has 1 aromatic carbocycles. The van der Waals surface area contributed by atoms with E-state index in [1.54, 1.807) is 7.05 Å². The summed E-state index contributed by atoms with van der Waals surface area (Å²) in [5.74, 6) is -0.621. The molecule has 6 heteroatoms. The van der Waals surface area contributed by atoms with Gasteiger partial charge in [-0.15, -0.1) is 0 Å². The number of aryl methyl sites for hydroxylation is 1. The van der Waals surface area contributed by atoms with E-state index in [1.807, 2.05) is 31.2 Å². The van der Waals surface area contributed by atoms with Crippen LogP contribution in [-0.2, 0) is 14.4 Å². The highest BCUT2D eigenvalue weighted by atomic mass is 16.2. The van der Waals surface area contributed by atoms with E-state index >= 15 is 0 Å².